The molecule has 2 rings (SSSR count). The van der Waals surface area contributed by atoms with Gasteiger partial charge in [0.25, 0.3) is 0 Å². The third kappa shape index (κ3) is 4.41. The van der Waals surface area contributed by atoms with Gasteiger partial charge in [-0.3, -0.25) is 0 Å². The lowest BCUT2D eigenvalue weighted by Crippen LogP contribution is -2.30. The van der Waals surface area contributed by atoms with Crippen LogP contribution in [0.4, 0.5) is 0 Å². The van der Waals surface area contributed by atoms with Gasteiger partial charge in [-0.1, -0.05) is 60.7 Å². The van der Waals surface area contributed by atoms with Crippen molar-refractivity contribution in [1.82, 2.24) is 0 Å². The Morgan fingerprint density at radius 1 is 0.773 bits per heavy atom. The SMILES string of the molecule is CC(COCCOCCO)(c1ccccc1)c1ccccc1. The molecule has 2 aromatic rings. The maximum atomic E-state index is 8.68. The minimum Gasteiger partial charge on any atom is -0.394 e. The normalized spacial score (nSPS) is 11.5. The lowest BCUT2D eigenvalue weighted by atomic mass is 9.77. The van der Waals surface area contributed by atoms with E-state index in [1.54, 1.807) is 0 Å². The van der Waals surface area contributed by atoms with Crippen molar-refractivity contribution in [2.24, 2.45) is 0 Å². The van der Waals surface area contributed by atoms with Gasteiger partial charge in [0.05, 0.1) is 33.0 Å². The van der Waals surface area contributed by atoms with Gasteiger partial charge >= 0.3 is 0 Å². The molecule has 22 heavy (non-hydrogen) atoms. The van der Waals surface area contributed by atoms with E-state index in [1.807, 2.05) is 12.1 Å². The quantitative estimate of drug-likeness (QED) is 0.724. The number of hydrogen-bond donors (Lipinski definition) is 1. The molecular formula is C19H24O3. The van der Waals surface area contributed by atoms with Crippen LogP contribution < -0.4 is 0 Å². The Kier molecular flexibility index (Phi) is 6.59. The van der Waals surface area contributed by atoms with Gasteiger partial charge in [0.15, 0.2) is 0 Å². The lowest BCUT2D eigenvalue weighted by Gasteiger charge is -2.30. The third-order valence-electron chi connectivity index (χ3n) is 3.82. The van der Waals surface area contributed by atoms with Gasteiger partial charge < -0.3 is 14.6 Å². The second-order valence-corrected chi connectivity index (χ2v) is 5.45. The molecule has 0 amide bonds. The zero-order valence-electron chi connectivity index (χ0n) is 13.1. The van der Waals surface area contributed by atoms with Crippen molar-refractivity contribution in [2.75, 3.05) is 33.0 Å². The van der Waals surface area contributed by atoms with Crippen LogP contribution in [0.15, 0.2) is 60.7 Å². The first-order valence-electron chi connectivity index (χ1n) is 7.65. The van der Waals surface area contributed by atoms with Gasteiger partial charge in [0.2, 0.25) is 0 Å². The summed E-state index contributed by atoms with van der Waals surface area (Å²) in [5.41, 5.74) is 2.27. The van der Waals surface area contributed by atoms with Crippen LogP contribution >= 0.6 is 0 Å². The molecule has 0 spiro atoms. The summed E-state index contributed by atoms with van der Waals surface area (Å²) in [6.07, 6.45) is 0. The monoisotopic (exact) mass is 300 g/mol. The molecule has 0 saturated carbocycles. The molecule has 0 saturated heterocycles. The van der Waals surface area contributed by atoms with Crippen LogP contribution in [0, 0.1) is 0 Å². The largest absolute Gasteiger partial charge is 0.394 e. The first-order chi connectivity index (χ1) is 10.8. The summed E-state index contributed by atoms with van der Waals surface area (Å²) in [7, 11) is 0. The highest BCUT2D eigenvalue weighted by molar-refractivity contribution is 5.38. The van der Waals surface area contributed by atoms with Crippen molar-refractivity contribution in [3.63, 3.8) is 0 Å². The van der Waals surface area contributed by atoms with E-state index in [0.717, 1.165) is 0 Å². The molecule has 0 unspecified atom stereocenters. The predicted octanol–water partition coefficient (Wildman–Crippen LogP) is 3.02. The van der Waals surface area contributed by atoms with E-state index >= 15 is 0 Å². The smallest absolute Gasteiger partial charge is 0.0701 e. The summed E-state index contributed by atoms with van der Waals surface area (Å²) in [4.78, 5) is 0. The van der Waals surface area contributed by atoms with Crippen LogP contribution in [0.25, 0.3) is 0 Å². The zero-order valence-corrected chi connectivity index (χ0v) is 13.1. The lowest BCUT2D eigenvalue weighted by molar-refractivity contribution is 0.0226. The van der Waals surface area contributed by atoms with Crippen LogP contribution in [0.5, 0.6) is 0 Å². The number of ether oxygens (including phenoxy) is 2. The maximum absolute atomic E-state index is 8.68. The number of aliphatic hydroxyl groups excluding tert-OH is 1. The van der Waals surface area contributed by atoms with Crippen molar-refractivity contribution in [2.45, 2.75) is 12.3 Å². The molecule has 0 aliphatic carbocycles. The average molecular weight is 300 g/mol. The van der Waals surface area contributed by atoms with E-state index in [0.29, 0.717) is 26.4 Å². The summed E-state index contributed by atoms with van der Waals surface area (Å²) in [5.74, 6) is 0. The van der Waals surface area contributed by atoms with Crippen molar-refractivity contribution in [3.8, 4) is 0 Å². The van der Waals surface area contributed by atoms with Crippen LogP contribution in [0.3, 0.4) is 0 Å². The van der Waals surface area contributed by atoms with Gasteiger partial charge in [-0.15, -0.1) is 0 Å². The summed E-state index contributed by atoms with van der Waals surface area (Å²) in [6.45, 7) is 4.22. The summed E-state index contributed by atoms with van der Waals surface area (Å²) >= 11 is 0. The summed E-state index contributed by atoms with van der Waals surface area (Å²) < 4.78 is 11.1. The molecule has 3 nitrogen and oxygen atoms in total. The maximum Gasteiger partial charge on any atom is 0.0701 e. The third-order valence-corrected chi connectivity index (χ3v) is 3.82. The zero-order chi connectivity index (χ0) is 15.7. The summed E-state index contributed by atoms with van der Waals surface area (Å²) in [5, 5.41) is 8.68. The average Bonchev–Trinajstić information content (AvgIpc) is 2.59. The molecule has 0 fully saturated rings. The molecule has 3 heteroatoms. The van der Waals surface area contributed by atoms with E-state index < -0.39 is 0 Å². The second-order valence-electron chi connectivity index (χ2n) is 5.45. The Morgan fingerprint density at radius 3 is 1.77 bits per heavy atom. The number of rotatable bonds is 9. The van der Waals surface area contributed by atoms with E-state index in [-0.39, 0.29) is 12.0 Å². The second kappa shape index (κ2) is 8.69. The number of aliphatic hydroxyl groups is 1. The fourth-order valence-corrected chi connectivity index (χ4v) is 2.51. The van der Waals surface area contributed by atoms with Gasteiger partial charge in [0, 0.05) is 5.41 Å². The minimum atomic E-state index is -0.195. The minimum absolute atomic E-state index is 0.0474. The molecule has 0 aliphatic heterocycles. The Labute approximate surface area is 132 Å². The standard InChI is InChI=1S/C19H24O3/c1-19(17-8-4-2-5-9-17,18-10-6-3-7-11-18)16-22-15-14-21-13-12-20/h2-11,20H,12-16H2,1H3. The van der Waals surface area contributed by atoms with E-state index in [2.05, 4.69) is 55.5 Å². The van der Waals surface area contributed by atoms with Crippen molar-refractivity contribution in [1.29, 1.82) is 0 Å². The molecular weight excluding hydrogens is 276 g/mol. The number of benzene rings is 2. The van der Waals surface area contributed by atoms with E-state index in [1.165, 1.54) is 11.1 Å². The number of hydrogen-bond acceptors (Lipinski definition) is 3. The molecule has 0 heterocycles. The van der Waals surface area contributed by atoms with E-state index in [9.17, 15) is 0 Å². The highest BCUT2D eigenvalue weighted by Gasteiger charge is 2.28. The first kappa shape index (κ1) is 16.7. The molecule has 0 atom stereocenters. The molecule has 0 aliphatic rings. The molecule has 0 bridgehead atoms. The first-order valence-corrected chi connectivity index (χ1v) is 7.65. The van der Waals surface area contributed by atoms with Crippen molar-refractivity contribution < 1.29 is 14.6 Å². The van der Waals surface area contributed by atoms with Gasteiger partial charge in [0.1, 0.15) is 0 Å². The van der Waals surface area contributed by atoms with Crippen LogP contribution in [-0.2, 0) is 14.9 Å². The van der Waals surface area contributed by atoms with Crippen LogP contribution in [-0.4, -0.2) is 38.1 Å². The highest BCUT2D eigenvalue weighted by atomic mass is 16.5. The van der Waals surface area contributed by atoms with Crippen LogP contribution in [0.1, 0.15) is 18.1 Å². The Balaban J connectivity index is 2.07. The fourth-order valence-electron chi connectivity index (χ4n) is 2.51. The Hall–Kier alpha value is -1.68. The van der Waals surface area contributed by atoms with Crippen molar-refractivity contribution in [3.05, 3.63) is 71.8 Å². The molecule has 0 aromatic heterocycles. The molecule has 0 radical (unpaired) electrons. The van der Waals surface area contributed by atoms with E-state index in [4.69, 9.17) is 14.6 Å². The molecule has 118 valence electrons. The van der Waals surface area contributed by atoms with Gasteiger partial charge in [-0.25, -0.2) is 0 Å². The Bertz CT molecular complexity index is 485. The molecule has 2 aromatic carbocycles. The van der Waals surface area contributed by atoms with Gasteiger partial charge in [-0.2, -0.15) is 0 Å². The van der Waals surface area contributed by atoms with Crippen LogP contribution in [0.2, 0.25) is 0 Å². The van der Waals surface area contributed by atoms with Gasteiger partial charge in [-0.05, 0) is 18.1 Å². The highest BCUT2D eigenvalue weighted by Crippen LogP contribution is 2.32. The summed E-state index contributed by atoms with van der Waals surface area (Å²) in [6, 6.07) is 20.8. The Morgan fingerprint density at radius 2 is 1.27 bits per heavy atom. The fraction of sp³-hybridized carbons (Fsp3) is 0.368. The van der Waals surface area contributed by atoms with Crippen molar-refractivity contribution >= 4 is 0 Å². The molecule has 1 N–H and O–H groups in total. The topological polar surface area (TPSA) is 38.7 Å². The predicted molar refractivity (Wildman–Crippen MR) is 88.1 cm³/mol.